The van der Waals surface area contributed by atoms with E-state index < -0.39 is 0 Å². The summed E-state index contributed by atoms with van der Waals surface area (Å²) in [5.74, 6) is 1.83. The minimum absolute atomic E-state index is 0.0720. The Hall–Kier alpha value is -5.85. The minimum Gasteiger partial charge on any atom is -0.493 e. The van der Waals surface area contributed by atoms with Crippen molar-refractivity contribution in [2.75, 3.05) is 40.5 Å². The van der Waals surface area contributed by atoms with Gasteiger partial charge in [-0.25, -0.2) is 0 Å². The highest BCUT2D eigenvalue weighted by molar-refractivity contribution is 5.94. The lowest BCUT2D eigenvalue weighted by molar-refractivity contribution is -0.123. The summed E-state index contributed by atoms with van der Waals surface area (Å²) in [6.45, 7) is 1.06. The van der Waals surface area contributed by atoms with Crippen LogP contribution in [0.3, 0.4) is 0 Å². The van der Waals surface area contributed by atoms with Crippen molar-refractivity contribution in [2.24, 2.45) is 7.05 Å². The fraction of sp³-hybridized carbons (Fsp3) is 0.324. The van der Waals surface area contributed by atoms with Crippen molar-refractivity contribution in [2.45, 2.75) is 31.7 Å². The van der Waals surface area contributed by atoms with Gasteiger partial charge in [0, 0.05) is 69.5 Å². The molecule has 258 valence electrons. The molecular formula is C37H39N7O6. The topological polar surface area (TPSA) is 141 Å². The SMILES string of the molecule is COc1cc2cc(c1OC)-c1ccc3c(c1)C(CCO3)NC(=O)CCN(C(=O)c1ccc3nnc(-c4cccn4C)n3c1)CCNC(=O)CC2. The van der Waals surface area contributed by atoms with Crippen molar-refractivity contribution in [3.8, 4) is 39.9 Å². The molecule has 13 nitrogen and oxygen atoms in total. The molecule has 0 radical (unpaired) electrons. The van der Waals surface area contributed by atoms with Crippen molar-refractivity contribution in [1.82, 2.24) is 34.7 Å². The highest BCUT2D eigenvalue weighted by Crippen LogP contribution is 2.42. The molecule has 13 heteroatoms. The number of aryl methyl sites for hydroxylation is 2. The van der Waals surface area contributed by atoms with E-state index in [-0.39, 0.29) is 56.2 Å². The molecule has 4 bridgehead atoms. The third-order valence-electron chi connectivity index (χ3n) is 9.30. The van der Waals surface area contributed by atoms with E-state index in [0.29, 0.717) is 53.7 Å². The van der Waals surface area contributed by atoms with Crippen LogP contribution in [0.4, 0.5) is 0 Å². The van der Waals surface area contributed by atoms with Crippen LogP contribution in [-0.4, -0.2) is 82.2 Å². The number of methoxy groups -OCH3 is 2. The number of carbonyl (C=O) groups excluding carboxylic acids is 3. The fourth-order valence-corrected chi connectivity index (χ4v) is 6.65. The predicted molar refractivity (Wildman–Crippen MR) is 185 cm³/mol. The number of nitrogens with one attached hydrogen (secondary N) is 2. The molecule has 3 amide bonds. The summed E-state index contributed by atoms with van der Waals surface area (Å²) < 4.78 is 21.1. The second kappa shape index (κ2) is 13.9. The van der Waals surface area contributed by atoms with Crippen LogP contribution in [0, 0.1) is 0 Å². The Balaban J connectivity index is 1.19. The summed E-state index contributed by atoms with van der Waals surface area (Å²) in [5.41, 5.74) is 5.32. The molecule has 0 aliphatic carbocycles. The fourth-order valence-electron chi connectivity index (χ4n) is 6.65. The van der Waals surface area contributed by atoms with Gasteiger partial charge in [0.2, 0.25) is 11.8 Å². The zero-order chi connectivity index (χ0) is 34.8. The zero-order valence-corrected chi connectivity index (χ0v) is 28.3. The van der Waals surface area contributed by atoms with Crippen LogP contribution in [0.15, 0.2) is 67.0 Å². The second-order valence-corrected chi connectivity index (χ2v) is 12.5. The zero-order valence-electron chi connectivity index (χ0n) is 28.3. The summed E-state index contributed by atoms with van der Waals surface area (Å²) in [7, 11) is 5.10. The summed E-state index contributed by atoms with van der Waals surface area (Å²) in [6, 6.07) is 16.8. The molecule has 3 aromatic heterocycles. The van der Waals surface area contributed by atoms with Crippen molar-refractivity contribution in [3.63, 3.8) is 0 Å². The van der Waals surface area contributed by atoms with Gasteiger partial charge in [0.05, 0.1) is 38.1 Å². The van der Waals surface area contributed by atoms with Crippen molar-refractivity contribution in [3.05, 3.63) is 83.7 Å². The van der Waals surface area contributed by atoms with Crippen LogP contribution < -0.4 is 24.8 Å². The van der Waals surface area contributed by atoms with Crippen LogP contribution in [0.25, 0.3) is 28.3 Å². The molecule has 5 aromatic rings. The van der Waals surface area contributed by atoms with Gasteiger partial charge in [0.15, 0.2) is 23.0 Å². The summed E-state index contributed by atoms with van der Waals surface area (Å²) in [6.07, 6.45) is 5.01. The summed E-state index contributed by atoms with van der Waals surface area (Å²) in [4.78, 5) is 42.2. The number of amides is 3. The van der Waals surface area contributed by atoms with Gasteiger partial charge >= 0.3 is 0 Å². The Labute approximate surface area is 289 Å². The molecule has 0 spiro atoms. The van der Waals surface area contributed by atoms with E-state index in [9.17, 15) is 14.4 Å². The smallest absolute Gasteiger partial charge is 0.255 e. The third-order valence-corrected chi connectivity index (χ3v) is 9.30. The van der Waals surface area contributed by atoms with Crippen LogP contribution in [0.1, 0.15) is 46.8 Å². The number of ether oxygens (including phenoxy) is 3. The molecule has 2 N–H and O–H groups in total. The Morgan fingerprint density at radius 3 is 2.64 bits per heavy atom. The number of fused-ring (bicyclic) bond motifs is 5. The molecule has 2 aromatic carbocycles. The van der Waals surface area contributed by atoms with E-state index in [1.807, 2.05) is 60.3 Å². The lowest BCUT2D eigenvalue weighted by Gasteiger charge is -2.28. The molecule has 2 aliphatic heterocycles. The quantitative estimate of drug-likeness (QED) is 0.292. The first-order valence-corrected chi connectivity index (χ1v) is 16.7. The van der Waals surface area contributed by atoms with E-state index >= 15 is 0 Å². The van der Waals surface area contributed by atoms with Gasteiger partial charge in [0.1, 0.15) is 5.75 Å². The number of hydrogen-bond acceptors (Lipinski definition) is 8. The first kappa shape index (κ1) is 32.7. The predicted octanol–water partition coefficient (Wildman–Crippen LogP) is 3.95. The highest BCUT2D eigenvalue weighted by Gasteiger charge is 2.26. The molecule has 5 heterocycles. The van der Waals surface area contributed by atoms with Gasteiger partial charge in [-0.05, 0) is 66.1 Å². The molecule has 7 rings (SSSR count). The van der Waals surface area contributed by atoms with Gasteiger partial charge in [-0.15, -0.1) is 10.2 Å². The number of hydrogen-bond donors (Lipinski definition) is 2. The van der Waals surface area contributed by atoms with E-state index in [1.54, 1.807) is 41.8 Å². The van der Waals surface area contributed by atoms with Crippen LogP contribution in [0.5, 0.6) is 17.2 Å². The monoisotopic (exact) mass is 677 g/mol. The van der Waals surface area contributed by atoms with Crippen LogP contribution >= 0.6 is 0 Å². The van der Waals surface area contributed by atoms with Gasteiger partial charge in [-0.1, -0.05) is 6.07 Å². The molecular weight excluding hydrogens is 638 g/mol. The number of rotatable bonds is 4. The number of carbonyl (C=O) groups is 3. The number of pyridine rings is 1. The second-order valence-electron chi connectivity index (χ2n) is 12.5. The normalized spacial score (nSPS) is 16.9. The maximum Gasteiger partial charge on any atom is 0.255 e. The van der Waals surface area contributed by atoms with Gasteiger partial charge in [-0.3, -0.25) is 18.8 Å². The van der Waals surface area contributed by atoms with Gasteiger partial charge in [0.25, 0.3) is 5.91 Å². The Bertz CT molecular complexity index is 2090. The van der Waals surface area contributed by atoms with E-state index in [1.165, 1.54) is 0 Å². The van der Waals surface area contributed by atoms with Crippen LogP contribution in [0.2, 0.25) is 0 Å². The van der Waals surface area contributed by atoms with E-state index in [0.717, 1.165) is 27.9 Å². The van der Waals surface area contributed by atoms with Gasteiger partial charge < -0.3 is 34.3 Å². The Morgan fingerprint density at radius 1 is 0.960 bits per heavy atom. The molecule has 1 unspecified atom stereocenters. The first-order valence-electron chi connectivity index (χ1n) is 16.7. The largest absolute Gasteiger partial charge is 0.493 e. The molecule has 50 heavy (non-hydrogen) atoms. The maximum atomic E-state index is 14.0. The Morgan fingerprint density at radius 2 is 1.84 bits per heavy atom. The number of aromatic nitrogens is 4. The van der Waals surface area contributed by atoms with E-state index in [2.05, 4.69) is 20.8 Å². The standard InChI is InChI=1S/C37H39N7O6/c1-42-15-4-5-29(42)36-41-40-32-10-8-25(22-44(32)36)37(47)43-16-12-34(46)39-28-13-18-50-30-9-7-24(21-27(28)30)26-19-23(6-11-33(45)38-14-17-43)20-31(48-2)35(26)49-3/h4-5,7-10,15,19-22,28H,6,11-14,16-18H2,1-3H3,(H,38,45)(H,39,46). The lowest BCUT2D eigenvalue weighted by Crippen LogP contribution is -2.41. The molecule has 0 saturated carbocycles. The lowest BCUT2D eigenvalue weighted by atomic mass is 9.93. The summed E-state index contributed by atoms with van der Waals surface area (Å²) >= 11 is 0. The minimum atomic E-state index is -0.281. The number of nitrogens with zero attached hydrogens (tertiary/aromatic N) is 5. The van der Waals surface area contributed by atoms with Gasteiger partial charge in [-0.2, -0.15) is 0 Å². The first-order chi connectivity index (χ1) is 24.3. The Kier molecular flexibility index (Phi) is 9.11. The summed E-state index contributed by atoms with van der Waals surface area (Å²) in [5, 5.41) is 14.8. The van der Waals surface area contributed by atoms with Crippen molar-refractivity contribution >= 4 is 23.4 Å². The maximum absolute atomic E-state index is 14.0. The van der Waals surface area contributed by atoms with E-state index in [4.69, 9.17) is 14.2 Å². The average molecular weight is 678 g/mol. The van der Waals surface area contributed by atoms with Crippen molar-refractivity contribution < 1.29 is 28.6 Å². The third kappa shape index (κ3) is 6.46. The molecule has 0 saturated heterocycles. The molecule has 2 aliphatic rings. The molecule has 1 atom stereocenters. The average Bonchev–Trinajstić information content (AvgIpc) is 3.75. The molecule has 0 fully saturated rings. The van der Waals surface area contributed by atoms with Crippen molar-refractivity contribution in [1.29, 1.82) is 0 Å². The number of benzene rings is 2. The highest BCUT2D eigenvalue weighted by atomic mass is 16.5. The van der Waals surface area contributed by atoms with Crippen LogP contribution in [-0.2, 0) is 23.1 Å².